The number of rotatable bonds is 4. The van der Waals surface area contributed by atoms with Crippen molar-refractivity contribution in [3.8, 4) is 5.75 Å². The van der Waals surface area contributed by atoms with Crippen molar-refractivity contribution in [3.05, 3.63) is 59.8 Å². The number of carbonyl (C=O) groups is 1. The zero-order valence-corrected chi connectivity index (χ0v) is 16.3. The first kappa shape index (κ1) is 18.3. The van der Waals surface area contributed by atoms with Crippen LogP contribution in [-0.2, 0) is 6.61 Å². The van der Waals surface area contributed by atoms with Gasteiger partial charge in [-0.15, -0.1) is 0 Å². The molecule has 2 aromatic carbocycles. The van der Waals surface area contributed by atoms with Gasteiger partial charge in [0, 0.05) is 18.5 Å². The summed E-state index contributed by atoms with van der Waals surface area (Å²) in [6, 6.07) is 15.7. The van der Waals surface area contributed by atoms with E-state index >= 15 is 0 Å². The van der Waals surface area contributed by atoms with E-state index in [0.717, 1.165) is 27.9 Å². The summed E-state index contributed by atoms with van der Waals surface area (Å²) >= 11 is 0. The van der Waals surface area contributed by atoms with Crippen molar-refractivity contribution in [2.75, 3.05) is 6.54 Å². The van der Waals surface area contributed by atoms with Crippen LogP contribution in [0.3, 0.4) is 0 Å². The van der Waals surface area contributed by atoms with Crippen molar-refractivity contribution in [2.24, 2.45) is 5.41 Å². The van der Waals surface area contributed by atoms with E-state index in [1.165, 1.54) is 4.90 Å². The standard InChI is InChI=1S/C22H25N3O3/c1-22(2,3)20-15(12-25(20)21(26)27)19-18-16(23-24-19)10-7-11-17(18)28-13-14-8-5-4-6-9-14/h4-11,15,20H,12-13H2,1-3H3,(H,23,24)(H,26,27). The van der Waals surface area contributed by atoms with Crippen molar-refractivity contribution in [3.63, 3.8) is 0 Å². The third kappa shape index (κ3) is 3.19. The molecule has 1 aliphatic rings. The fourth-order valence-electron chi connectivity index (χ4n) is 4.21. The Morgan fingerprint density at radius 2 is 1.96 bits per heavy atom. The number of aromatic nitrogens is 2. The number of carboxylic acid groups (broad SMARTS) is 1. The average molecular weight is 379 g/mol. The summed E-state index contributed by atoms with van der Waals surface area (Å²) in [6.45, 7) is 7.15. The van der Waals surface area contributed by atoms with E-state index in [2.05, 4.69) is 31.0 Å². The summed E-state index contributed by atoms with van der Waals surface area (Å²) in [7, 11) is 0. The molecule has 2 atom stereocenters. The second-order valence-corrected chi connectivity index (χ2v) is 8.41. The number of ether oxygens (including phenoxy) is 1. The lowest BCUT2D eigenvalue weighted by atomic mass is 9.70. The van der Waals surface area contributed by atoms with E-state index in [1.807, 2.05) is 48.5 Å². The van der Waals surface area contributed by atoms with Crippen molar-refractivity contribution in [2.45, 2.75) is 39.3 Å². The maximum atomic E-state index is 11.6. The van der Waals surface area contributed by atoms with Gasteiger partial charge in [-0.2, -0.15) is 5.10 Å². The average Bonchev–Trinajstić information content (AvgIpc) is 3.03. The second kappa shape index (κ2) is 6.86. The highest BCUT2D eigenvalue weighted by molar-refractivity contribution is 5.88. The Hall–Kier alpha value is -3.02. The minimum absolute atomic E-state index is 0.0579. The van der Waals surface area contributed by atoms with Crippen LogP contribution in [0.15, 0.2) is 48.5 Å². The van der Waals surface area contributed by atoms with Crippen molar-refractivity contribution in [1.29, 1.82) is 0 Å². The maximum Gasteiger partial charge on any atom is 0.407 e. The zero-order chi connectivity index (χ0) is 19.9. The highest BCUT2D eigenvalue weighted by Crippen LogP contribution is 2.46. The number of aromatic amines is 1. The fraction of sp³-hybridized carbons (Fsp3) is 0.364. The molecule has 6 heteroatoms. The number of nitrogens with one attached hydrogen (secondary N) is 1. The van der Waals surface area contributed by atoms with Gasteiger partial charge in [-0.05, 0) is 23.1 Å². The Kier molecular flexibility index (Phi) is 4.49. The topological polar surface area (TPSA) is 78.5 Å². The number of hydrogen-bond acceptors (Lipinski definition) is 3. The summed E-state index contributed by atoms with van der Waals surface area (Å²) < 4.78 is 6.13. The van der Waals surface area contributed by atoms with Crippen molar-refractivity contribution in [1.82, 2.24) is 15.1 Å². The minimum atomic E-state index is -0.874. The quantitative estimate of drug-likeness (QED) is 0.692. The number of benzene rings is 2. The molecule has 1 aromatic heterocycles. The van der Waals surface area contributed by atoms with Crippen LogP contribution in [0.1, 0.15) is 37.9 Å². The molecule has 1 amide bonds. The summed E-state index contributed by atoms with van der Waals surface area (Å²) in [5.41, 5.74) is 2.70. The molecule has 4 rings (SSSR count). The molecule has 1 aliphatic heterocycles. The largest absolute Gasteiger partial charge is 0.488 e. The van der Waals surface area contributed by atoms with Crippen LogP contribution >= 0.6 is 0 Å². The van der Waals surface area contributed by atoms with Crippen LogP contribution in [-0.4, -0.2) is 38.9 Å². The van der Waals surface area contributed by atoms with Gasteiger partial charge in [0.05, 0.1) is 16.6 Å². The summed E-state index contributed by atoms with van der Waals surface area (Å²) in [5, 5.41) is 18.1. The molecule has 3 aromatic rings. The minimum Gasteiger partial charge on any atom is -0.488 e. The molecule has 2 unspecified atom stereocenters. The lowest BCUT2D eigenvalue weighted by Gasteiger charge is -2.52. The van der Waals surface area contributed by atoms with Gasteiger partial charge in [0.15, 0.2) is 0 Å². The molecule has 28 heavy (non-hydrogen) atoms. The summed E-state index contributed by atoms with van der Waals surface area (Å²) in [5.74, 6) is 0.828. The Morgan fingerprint density at radius 3 is 2.64 bits per heavy atom. The van der Waals surface area contributed by atoms with Gasteiger partial charge in [-0.3, -0.25) is 5.10 Å². The molecular weight excluding hydrogens is 354 g/mol. The van der Waals surface area contributed by atoms with Crippen molar-refractivity contribution < 1.29 is 14.6 Å². The maximum absolute atomic E-state index is 11.6. The van der Waals surface area contributed by atoms with Crippen LogP contribution in [0.4, 0.5) is 4.79 Å². The number of amides is 1. The highest BCUT2D eigenvalue weighted by atomic mass is 16.5. The van der Waals surface area contributed by atoms with E-state index in [9.17, 15) is 9.90 Å². The molecule has 0 radical (unpaired) electrons. The molecule has 2 heterocycles. The third-order valence-corrected chi connectivity index (χ3v) is 5.42. The van der Waals surface area contributed by atoms with Gasteiger partial charge in [0.2, 0.25) is 0 Å². The summed E-state index contributed by atoms with van der Waals surface area (Å²) in [6.07, 6.45) is -0.874. The molecule has 0 bridgehead atoms. The smallest absolute Gasteiger partial charge is 0.407 e. The molecule has 0 aliphatic carbocycles. The summed E-state index contributed by atoms with van der Waals surface area (Å²) in [4.78, 5) is 13.1. The Bertz CT molecular complexity index is 991. The number of fused-ring (bicyclic) bond motifs is 1. The Labute approximate surface area is 164 Å². The zero-order valence-electron chi connectivity index (χ0n) is 16.3. The first-order valence-electron chi connectivity index (χ1n) is 9.49. The molecule has 6 nitrogen and oxygen atoms in total. The van der Waals surface area contributed by atoms with Gasteiger partial charge < -0.3 is 14.7 Å². The van der Waals surface area contributed by atoms with Gasteiger partial charge >= 0.3 is 6.09 Å². The number of H-pyrrole nitrogens is 1. The number of nitrogens with zero attached hydrogens (tertiary/aromatic N) is 2. The molecule has 2 N–H and O–H groups in total. The van der Waals surface area contributed by atoms with Crippen LogP contribution in [0.2, 0.25) is 0 Å². The van der Waals surface area contributed by atoms with Crippen molar-refractivity contribution >= 4 is 17.0 Å². The SMILES string of the molecule is CC(C)(C)C1C(c2[nH]nc3cccc(OCc4ccccc4)c23)CN1C(=O)O. The molecular formula is C22H25N3O3. The first-order chi connectivity index (χ1) is 13.4. The highest BCUT2D eigenvalue weighted by Gasteiger charge is 2.50. The van der Waals surface area contributed by atoms with E-state index in [4.69, 9.17) is 4.74 Å². The second-order valence-electron chi connectivity index (χ2n) is 8.41. The normalized spacial score (nSPS) is 19.5. The number of hydrogen-bond donors (Lipinski definition) is 2. The fourth-order valence-corrected chi connectivity index (χ4v) is 4.21. The number of likely N-dealkylation sites (tertiary alicyclic amines) is 1. The lowest BCUT2D eigenvalue weighted by Crippen LogP contribution is -2.62. The van der Waals surface area contributed by atoms with Crippen LogP contribution in [0.25, 0.3) is 10.9 Å². The van der Waals surface area contributed by atoms with Crippen LogP contribution < -0.4 is 4.74 Å². The Balaban J connectivity index is 1.68. The van der Waals surface area contributed by atoms with Crippen LogP contribution in [0, 0.1) is 5.41 Å². The predicted octanol–water partition coefficient (Wildman–Crippen LogP) is 4.63. The van der Waals surface area contributed by atoms with Gasteiger partial charge in [-0.1, -0.05) is 57.2 Å². The van der Waals surface area contributed by atoms with Gasteiger partial charge in [-0.25, -0.2) is 4.79 Å². The van der Waals surface area contributed by atoms with E-state index < -0.39 is 6.09 Å². The predicted molar refractivity (Wildman–Crippen MR) is 108 cm³/mol. The molecule has 146 valence electrons. The van der Waals surface area contributed by atoms with Crippen LogP contribution in [0.5, 0.6) is 5.75 Å². The van der Waals surface area contributed by atoms with E-state index in [0.29, 0.717) is 13.2 Å². The molecule has 1 saturated heterocycles. The molecule has 0 spiro atoms. The lowest BCUT2D eigenvalue weighted by molar-refractivity contribution is -0.00256. The Morgan fingerprint density at radius 1 is 1.21 bits per heavy atom. The van der Waals surface area contributed by atoms with E-state index in [-0.39, 0.29) is 17.4 Å². The third-order valence-electron chi connectivity index (χ3n) is 5.42. The van der Waals surface area contributed by atoms with E-state index in [1.54, 1.807) is 0 Å². The van der Waals surface area contributed by atoms with Gasteiger partial charge in [0.25, 0.3) is 0 Å². The van der Waals surface area contributed by atoms with Gasteiger partial charge in [0.1, 0.15) is 12.4 Å². The molecule has 0 saturated carbocycles. The molecule has 1 fully saturated rings. The monoisotopic (exact) mass is 379 g/mol. The first-order valence-corrected chi connectivity index (χ1v) is 9.49.